The molecule has 0 N–H and O–H groups in total. The second-order valence-electron chi connectivity index (χ2n) is 5.99. The molecule has 1 aromatic carbocycles. The minimum absolute atomic E-state index is 0.168. The SMILES string of the molecule is O=C(c1ccc(C(=O)C(F)(F)F)s1)N1CCCC(c2ccccc2)C1. The van der Waals surface area contributed by atoms with E-state index in [4.69, 9.17) is 0 Å². The van der Waals surface area contributed by atoms with Gasteiger partial charge < -0.3 is 4.90 Å². The van der Waals surface area contributed by atoms with E-state index in [0.29, 0.717) is 24.4 Å². The maximum atomic E-state index is 12.6. The smallest absolute Gasteiger partial charge is 0.337 e. The molecule has 1 fully saturated rings. The lowest BCUT2D eigenvalue weighted by Gasteiger charge is -2.32. The first kappa shape index (κ1) is 17.7. The topological polar surface area (TPSA) is 37.4 Å². The van der Waals surface area contributed by atoms with Gasteiger partial charge in [-0.2, -0.15) is 13.2 Å². The quantitative estimate of drug-likeness (QED) is 0.749. The van der Waals surface area contributed by atoms with Crippen LogP contribution in [0.25, 0.3) is 0 Å². The molecule has 0 saturated carbocycles. The van der Waals surface area contributed by atoms with E-state index in [0.717, 1.165) is 24.5 Å². The predicted molar refractivity (Wildman–Crippen MR) is 89.0 cm³/mol. The average Bonchev–Trinajstić information content (AvgIpc) is 3.10. The van der Waals surface area contributed by atoms with Gasteiger partial charge in [0.1, 0.15) is 0 Å². The summed E-state index contributed by atoms with van der Waals surface area (Å²) in [6.45, 7) is 1.10. The Balaban J connectivity index is 1.73. The zero-order valence-corrected chi connectivity index (χ0v) is 14.1. The van der Waals surface area contributed by atoms with Crippen LogP contribution in [-0.4, -0.2) is 35.9 Å². The molecule has 0 aliphatic carbocycles. The van der Waals surface area contributed by atoms with Gasteiger partial charge in [-0.25, -0.2) is 0 Å². The second-order valence-corrected chi connectivity index (χ2v) is 7.08. The minimum Gasteiger partial charge on any atom is -0.337 e. The lowest BCUT2D eigenvalue weighted by atomic mass is 9.90. The Morgan fingerprint density at radius 1 is 1.04 bits per heavy atom. The van der Waals surface area contributed by atoms with Crippen molar-refractivity contribution in [3.8, 4) is 0 Å². The van der Waals surface area contributed by atoms with Crippen molar-refractivity contribution in [3.63, 3.8) is 0 Å². The lowest BCUT2D eigenvalue weighted by molar-refractivity contribution is -0.0882. The predicted octanol–water partition coefficient (Wildman–Crippen LogP) is 4.51. The van der Waals surface area contributed by atoms with Gasteiger partial charge in [0.2, 0.25) is 0 Å². The Bertz CT molecular complexity index is 770. The number of piperidine rings is 1. The molecule has 1 atom stereocenters. The zero-order valence-electron chi connectivity index (χ0n) is 13.3. The molecule has 2 aromatic rings. The van der Waals surface area contributed by atoms with E-state index in [-0.39, 0.29) is 16.7 Å². The average molecular weight is 367 g/mol. The van der Waals surface area contributed by atoms with Crippen molar-refractivity contribution in [2.24, 2.45) is 0 Å². The number of alkyl halides is 3. The lowest BCUT2D eigenvalue weighted by Crippen LogP contribution is -2.38. The number of likely N-dealkylation sites (tertiary alicyclic amines) is 1. The van der Waals surface area contributed by atoms with Gasteiger partial charge in [0.15, 0.2) is 0 Å². The number of carbonyl (C=O) groups excluding carboxylic acids is 2. The summed E-state index contributed by atoms with van der Waals surface area (Å²) < 4.78 is 37.5. The van der Waals surface area contributed by atoms with Crippen LogP contribution in [0.3, 0.4) is 0 Å². The molecule has 1 aliphatic rings. The molecule has 7 heteroatoms. The molecule has 2 heterocycles. The van der Waals surface area contributed by atoms with E-state index in [1.807, 2.05) is 30.3 Å². The van der Waals surface area contributed by atoms with E-state index >= 15 is 0 Å². The van der Waals surface area contributed by atoms with Crippen molar-refractivity contribution in [1.82, 2.24) is 4.90 Å². The van der Waals surface area contributed by atoms with Gasteiger partial charge in [-0.1, -0.05) is 30.3 Å². The summed E-state index contributed by atoms with van der Waals surface area (Å²) in [4.78, 5) is 25.3. The van der Waals surface area contributed by atoms with E-state index < -0.39 is 16.8 Å². The Kier molecular flexibility index (Phi) is 4.94. The molecule has 0 spiro atoms. The number of benzene rings is 1. The van der Waals surface area contributed by atoms with E-state index in [2.05, 4.69) is 0 Å². The maximum Gasteiger partial charge on any atom is 0.455 e. The maximum absolute atomic E-state index is 12.6. The number of hydrogen-bond acceptors (Lipinski definition) is 3. The van der Waals surface area contributed by atoms with Crippen LogP contribution in [0.2, 0.25) is 0 Å². The van der Waals surface area contributed by atoms with Crippen molar-refractivity contribution in [2.45, 2.75) is 24.9 Å². The van der Waals surface area contributed by atoms with E-state index in [9.17, 15) is 22.8 Å². The molecular weight excluding hydrogens is 351 g/mol. The fraction of sp³-hybridized carbons (Fsp3) is 0.333. The second kappa shape index (κ2) is 7.00. The van der Waals surface area contributed by atoms with Crippen LogP contribution in [0.4, 0.5) is 13.2 Å². The summed E-state index contributed by atoms with van der Waals surface area (Å²) in [7, 11) is 0. The highest BCUT2D eigenvalue weighted by Crippen LogP contribution is 2.30. The molecule has 3 nitrogen and oxygen atoms in total. The van der Waals surface area contributed by atoms with Crippen molar-refractivity contribution in [2.75, 3.05) is 13.1 Å². The van der Waals surface area contributed by atoms with Gasteiger partial charge >= 0.3 is 6.18 Å². The standard InChI is InChI=1S/C18H16F3NO2S/c19-18(20,21)16(23)14-8-9-15(25-14)17(24)22-10-4-7-13(11-22)12-5-2-1-3-6-12/h1-3,5-6,8-9,13H,4,7,10-11H2. The largest absolute Gasteiger partial charge is 0.455 e. The minimum atomic E-state index is -4.92. The molecule has 1 aromatic heterocycles. The van der Waals surface area contributed by atoms with Crippen molar-refractivity contribution in [3.05, 3.63) is 57.8 Å². The summed E-state index contributed by atoms with van der Waals surface area (Å²) >= 11 is 0.606. The van der Waals surface area contributed by atoms with Crippen LogP contribution in [0.1, 0.15) is 43.7 Å². The van der Waals surface area contributed by atoms with Crippen molar-refractivity contribution < 1.29 is 22.8 Å². The molecule has 1 saturated heterocycles. The highest BCUT2D eigenvalue weighted by atomic mass is 32.1. The van der Waals surface area contributed by atoms with Gasteiger partial charge in [-0.05, 0) is 30.5 Å². The van der Waals surface area contributed by atoms with Crippen LogP contribution in [0.5, 0.6) is 0 Å². The highest BCUT2D eigenvalue weighted by molar-refractivity contribution is 7.16. The summed E-state index contributed by atoms with van der Waals surface area (Å²) in [5.74, 6) is -2.00. The molecule has 25 heavy (non-hydrogen) atoms. The molecule has 1 unspecified atom stereocenters. The van der Waals surface area contributed by atoms with Crippen LogP contribution < -0.4 is 0 Å². The molecule has 1 aliphatic heterocycles. The number of halogens is 3. The number of thiophene rings is 1. The normalized spacial score (nSPS) is 18.2. The van der Waals surface area contributed by atoms with Gasteiger partial charge in [0, 0.05) is 19.0 Å². The number of ketones is 1. The highest BCUT2D eigenvalue weighted by Gasteiger charge is 2.40. The van der Waals surface area contributed by atoms with E-state index in [1.54, 1.807) is 4.90 Å². The molecule has 0 bridgehead atoms. The number of Topliss-reactive ketones (excluding diaryl/α,β-unsaturated/α-hetero) is 1. The molecule has 0 radical (unpaired) electrons. The number of hydrogen-bond donors (Lipinski definition) is 0. The Morgan fingerprint density at radius 2 is 1.72 bits per heavy atom. The summed E-state index contributed by atoms with van der Waals surface area (Å²) in [6.07, 6.45) is -3.12. The third-order valence-corrected chi connectivity index (χ3v) is 5.35. The fourth-order valence-corrected chi connectivity index (χ4v) is 3.96. The summed E-state index contributed by atoms with van der Waals surface area (Å²) in [6, 6.07) is 12.2. The van der Waals surface area contributed by atoms with Crippen LogP contribution in [0, 0.1) is 0 Å². The molecule has 1 amide bonds. The number of rotatable bonds is 3. The van der Waals surface area contributed by atoms with E-state index in [1.165, 1.54) is 6.07 Å². The Morgan fingerprint density at radius 3 is 2.40 bits per heavy atom. The third kappa shape index (κ3) is 3.92. The number of amides is 1. The van der Waals surface area contributed by atoms with Crippen LogP contribution in [0.15, 0.2) is 42.5 Å². The van der Waals surface area contributed by atoms with Gasteiger partial charge in [-0.3, -0.25) is 9.59 Å². The van der Waals surface area contributed by atoms with Gasteiger partial charge in [0.25, 0.3) is 11.7 Å². The zero-order chi connectivity index (χ0) is 18.0. The molecular formula is C18H16F3NO2S. The summed E-state index contributed by atoms with van der Waals surface area (Å²) in [5.41, 5.74) is 1.15. The first-order valence-electron chi connectivity index (χ1n) is 7.92. The first-order chi connectivity index (χ1) is 11.9. The first-order valence-corrected chi connectivity index (χ1v) is 8.73. The van der Waals surface area contributed by atoms with Gasteiger partial charge in [-0.15, -0.1) is 11.3 Å². The summed E-state index contributed by atoms with van der Waals surface area (Å²) in [5, 5.41) is 0. The fourth-order valence-electron chi connectivity index (χ4n) is 3.03. The Labute approximate surface area is 147 Å². The third-order valence-electron chi connectivity index (χ3n) is 4.28. The van der Waals surface area contributed by atoms with Crippen molar-refractivity contribution in [1.29, 1.82) is 0 Å². The van der Waals surface area contributed by atoms with Crippen molar-refractivity contribution >= 4 is 23.0 Å². The Hall–Kier alpha value is -2.15. The number of nitrogens with zero attached hydrogens (tertiary/aromatic N) is 1. The monoisotopic (exact) mass is 367 g/mol. The molecule has 3 rings (SSSR count). The van der Waals surface area contributed by atoms with Crippen LogP contribution in [-0.2, 0) is 0 Å². The number of carbonyl (C=O) groups is 2. The van der Waals surface area contributed by atoms with Gasteiger partial charge in [0.05, 0.1) is 9.75 Å². The van der Waals surface area contributed by atoms with Crippen LogP contribution >= 0.6 is 11.3 Å². The molecule has 132 valence electrons.